The lowest BCUT2D eigenvalue weighted by Gasteiger charge is -2.14. The van der Waals surface area contributed by atoms with Gasteiger partial charge in [0, 0.05) is 0 Å². The van der Waals surface area contributed by atoms with Crippen molar-refractivity contribution < 1.29 is 0 Å². The largest absolute Gasteiger partial charge is 0.160 e. The molecule has 0 aromatic heterocycles. The first-order valence-corrected chi connectivity index (χ1v) is 9.17. The van der Waals surface area contributed by atoms with Crippen LogP contribution in [0.1, 0.15) is 20.8 Å². The summed E-state index contributed by atoms with van der Waals surface area (Å²) < 4.78 is 0. The topological polar surface area (TPSA) is 0 Å². The number of rotatable bonds is 2. The molecule has 0 aromatic carbocycles. The van der Waals surface area contributed by atoms with E-state index in [2.05, 4.69) is 51.9 Å². The van der Waals surface area contributed by atoms with E-state index in [0.29, 0.717) is 5.41 Å². The molecule has 0 nitrogen and oxygen atoms in total. The van der Waals surface area contributed by atoms with Crippen LogP contribution in [0.4, 0.5) is 0 Å². The summed E-state index contributed by atoms with van der Waals surface area (Å²) in [6, 6.07) is 0. The molecule has 0 aliphatic heterocycles. The van der Waals surface area contributed by atoms with Crippen LogP contribution in [0.15, 0.2) is 11.5 Å². The monoisotopic (exact) mass is 188 g/mol. The van der Waals surface area contributed by atoms with Crippen molar-refractivity contribution in [2.75, 3.05) is 0 Å². The lowest BCUT2D eigenvalue weighted by Crippen LogP contribution is -2.12. The van der Waals surface area contributed by atoms with Crippen LogP contribution in [0.2, 0.25) is 19.6 Å². The second-order valence-corrected chi connectivity index (χ2v) is 14.0. The van der Waals surface area contributed by atoms with E-state index in [1.807, 2.05) is 11.2 Å². The molecule has 0 spiro atoms. The third kappa shape index (κ3) is 10.3. The number of allylic oxidation sites excluding steroid dienone is 1. The maximum absolute atomic E-state index is 2.37. The van der Waals surface area contributed by atoms with Gasteiger partial charge < -0.3 is 0 Å². The molecule has 0 amide bonds. The molecule has 0 aliphatic rings. The molecule has 0 fully saturated rings. The van der Waals surface area contributed by atoms with Crippen molar-refractivity contribution in [2.24, 2.45) is 5.41 Å². The summed E-state index contributed by atoms with van der Waals surface area (Å²) in [5, 5.41) is 2.27. The zero-order valence-electron chi connectivity index (χ0n) is 8.56. The molecule has 0 bridgehead atoms. The standard InChI is InChI=1S/C9H20SSi/c1-9(2,3)7-8-10-11(4,5)6/h7-8H,1-6H3/b8-7-. The molecule has 0 saturated carbocycles. The molecular formula is C9H20SSi. The fourth-order valence-corrected chi connectivity index (χ4v) is 2.76. The van der Waals surface area contributed by atoms with Crippen LogP contribution in [-0.4, -0.2) is 7.22 Å². The predicted molar refractivity (Wildman–Crippen MR) is 59.5 cm³/mol. The van der Waals surface area contributed by atoms with Gasteiger partial charge in [0.05, 0.1) is 0 Å². The Morgan fingerprint density at radius 2 is 1.55 bits per heavy atom. The second kappa shape index (κ2) is 3.81. The minimum Gasteiger partial charge on any atom is -0.160 e. The van der Waals surface area contributed by atoms with Gasteiger partial charge in [0.2, 0.25) is 0 Å². The van der Waals surface area contributed by atoms with Gasteiger partial charge in [-0.2, -0.15) is 11.2 Å². The van der Waals surface area contributed by atoms with E-state index in [1.165, 1.54) is 0 Å². The zero-order valence-corrected chi connectivity index (χ0v) is 10.4. The molecule has 11 heavy (non-hydrogen) atoms. The highest BCUT2D eigenvalue weighted by Crippen LogP contribution is 2.24. The third-order valence-electron chi connectivity index (χ3n) is 0.990. The lowest BCUT2D eigenvalue weighted by molar-refractivity contribution is 0.545. The van der Waals surface area contributed by atoms with Crippen LogP contribution in [-0.2, 0) is 0 Å². The molecule has 0 heterocycles. The quantitative estimate of drug-likeness (QED) is 0.588. The van der Waals surface area contributed by atoms with Crippen LogP contribution >= 0.6 is 11.2 Å². The van der Waals surface area contributed by atoms with Gasteiger partial charge >= 0.3 is 0 Å². The Balaban J connectivity index is 3.80. The van der Waals surface area contributed by atoms with E-state index >= 15 is 0 Å². The molecule has 66 valence electrons. The second-order valence-electron chi connectivity index (χ2n) is 4.90. The van der Waals surface area contributed by atoms with Crippen molar-refractivity contribution in [1.82, 2.24) is 0 Å². The Labute approximate surface area is 76.1 Å². The molecule has 0 saturated heterocycles. The van der Waals surface area contributed by atoms with E-state index in [0.717, 1.165) is 0 Å². The number of hydrogen-bond acceptors (Lipinski definition) is 1. The number of hydrogen-bond donors (Lipinski definition) is 0. The van der Waals surface area contributed by atoms with E-state index < -0.39 is 7.22 Å². The van der Waals surface area contributed by atoms with Gasteiger partial charge in [-0.1, -0.05) is 46.5 Å². The van der Waals surface area contributed by atoms with Crippen molar-refractivity contribution in [3.8, 4) is 0 Å². The third-order valence-corrected chi connectivity index (χ3v) is 4.50. The fourth-order valence-electron chi connectivity index (χ4n) is 0.442. The summed E-state index contributed by atoms with van der Waals surface area (Å²) in [4.78, 5) is 0. The fraction of sp³-hybridized carbons (Fsp3) is 0.778. The van der Waals surface area contributed by atoms with Crippen molar-refractivity contribution >= 4 is 18.4 Å². The van der Waals surface area contributed by atoms with Crippen LogP contribution in [0.25, 0.3) is 0 Å². The molecule has 0 N–H and O–H groups in total. The first kappa shape index (κ1) is 11.3. The highest BCUT2D eigenvalue weighted by atomic mass is 32.4. The van der Waals surface area contributed by atoms with Gasteiger partial charge in [-0.05, 0) is 10.8 Å². The predicted octanol–water partition coefficient (Wildman–Crippen LogP) is 4.11. The van der Waals surface area contributed by atoms with Crippen molar-refractivity contribution in [3.05, 3.63) is 11.5 Å². The average Bonchev–Trinajstić information content (AvgIpc) is 1.55. The zero-order chi connectivity index (χ0) is 9.12. The SMILES string of the molecule is CC(C)(C)/C=C\S[Si](C)(C)C. The minimum absolute atomic E-state index is 0.340. The maximum Gasteiger partial charge on any atom is 0.113 e. The first-order chi connectivity index (χ1) is 4.71. The molecule has 0 aromatic rings. The Kier molecular flexibility index (Phi) is 3.92. The smallest absolute Gasteiger partial charge is 0.113 e. The Morgan fingerprint density at radius 1 is 1.09 bits per heavy atom. The van der Waals surface area contributed by atoms with Crippen LogP contribution < -0.4 is 0 Å². The first-order valence-electron chi connectivity index (χ1n) is 4.06. The summed E-state index contributed by atoms with van der Waals surface area (Å²) in [5.41, 5.74) is 0.340. The van der Waals surface area contributed by atoms with Gasteiger partial charge in [-0.15, -0.1) is 0 Å². The van der Waals surface area contributed by atoms with Gasteiger partial charge in [0.15, 0.2) is 0 Å². The Morgan fingerprint density at radius 3 is 1.82 bits per heavy atom. The highest BCUT2D eigenvalue weighted by Gasteiger charge is 2.12. The Hall–Kier alpha value is 0.307. The van der Waals surface area contributed by atoms with Crippen molar-refractivity contribution in [2.45, 2.75) is 40.4 Å². The molecule has 0 aliphatic carbocycles. The summed E-state index contributed by atoms with van der Waals surface area (Å²) in [7, 11) is -0.927. The Bertz CT molecular complexity index is 137. The molecule has 0 radical (unpaired) electrons. The molecular weight excluding hydrogens is 168 g/mol. The molecule has 0 rings (SSSR count). The maximum atomic E-state index is 2.37. The van der Waals surface area contributed by atoms with Gasteiger partial charge in [0.25, 0.3) is 0 Å². The molecule has 0 atom stereocenters. The van der Waals surface area contributed by atoms with Gasteiger partial charge in [0.1, 0.15) is 7.22 Å². The van der Waals surface area contributed by atoms with Crippen molar-refractivity contribution in [3.63, 3.8) is 0 Å². The highest BCUT2D eigenvalue weighted by molar-refractivity contribution is 8.30. The van der Waals surface area contributed by atoms with Gasteiger partial charge in [-0.3, -0.25) is 0 Å². The summed E-state index contributed by atoms with van der Waals surface area (Å²) >= 11 is 2.02. The van der Waals surface area contributed by atoms with E-state index in [4.69, 9.17) is 0 Å². The normalized spacial score (nSPS) is 14.4. The lowest BCUT2D eigenvalue weighted by atomic mass is 9.98. The van der Waals surface area contributed by atoms with E-state index in [1.54, 1.807) is 0 Å². The van der Waals surface area contributed by atoms with Crippen LogP contribution in [0.3, 0.4) is 0 Å². The van der Waals surface area contributed by atoms with Crippen molar-refractivity contribution in [1.29, 1.82) is 0 Å². The average molecular weight is 188 g/mol. The molecule has 0 unspecified atom stereocenters. The summed E-state index contributed by atoms with van der Waals surface area (Å²) in [6.07, 6.45) is 2.29. The van der Waals surface area contributed by atoms with Crippen LogP contribution in [0, 0.1) is 5.41 Å². The van der Waals surface area contributed by atoms with E-state index in [9.17, 15) is 0 Å². The summed E-state index contributed by atoms with van der Waals surface area (Å²) in [6.45, 7) is 13.8. The summed E-state index contributed by atoms with van der Waals surface area (Å²) in [5.74, 6) is 0. The van der Waals surface area contributed by atoms with E-state index in [-0.39, 0.29) is 0 Å². The van der Waals surface area contributed by atoms with Crippen LogP contribution in [0.5, 0.6) is 0 Å². The molecule has 2 heteroatoms. The van der Waals surface area contributed by atoms with Gasteiger partial charge in [-0.25, -0.2) is 0 Å². The minimum atomic E-state index is -0.927.